The third kappa shape index (κ3) is 5.39. The van der Waals surface area contributed by atoms with Crippen LogP contribution in [0.1, 0.15) is 38.1 Å². The molecule has 0 aliphatic rings. The molecule has 2 aromatic carbocycles. The summed E-state index contributed by atoms with van der Waals surface area (Å²) in [6.07, 6.45) is -0.615. The highest BCUT2D eigenvalue weighted by atomic mass is 16.6. The highest BCUT2D eigenvalue weighted by Crippen LogP contribution is 2.14. The number of hydrogen-bond donors (Lipinski definition) is 3. The number of ether oxygens (including phenoxy) is 1. The maximum atomic E-state index is 12.7. The fraction of sp³-hybridized carbons (Fsp3) is 0.273. The molecule has 0 spiro atoms. The maximum absolute atomic E-state index is 12.7. The molecule has 0 saturated carbocycles. The molecule has 0 aliphatic carbocycles. The summed E-state index contributed by atoms with van der Waals surface area (Å²) in [7, 11) is 0. The molecule has 9 heteroatoms. The van der Waals surface area contributed by atoms with Gasteiger partial charge in [0.15, 0.2) is 0 Å². The second-order valence-electron chi connectivity index (χ2n) is 7.79. The number of anilines is 2. The first kappa shape index (κ1) is 21.8. The van der Waals surface area contributed by atoms with Crippen molar-refractivity contribution in [1.82, 2.24) is 15.0 Å². The second kappa shape index (κ2) is 8.86. The van der Waals surface area contributed by atoms with Crippen LogP contribution in [0.3, 0.4) is 0 Å². The number of rotatable bonds is 5. The largest absolute Gasteiger partial charge is 0.444 e. The van der Waals surface area contributed by atoms with Crippen LogP contribution in [0.5, 0.6) is 0 Å². The van der Waals surface area contributed by atoms with Crippen molar-refractivity contribution >= 4 is 34.5 Å². The van der Waals surface area contributed by atoms with E-state index in [9.17, 15) is 14.4 Å². The van der Waals surface area contributed by atoms with Gasteiger partial charge in [-0.15, -0.1) is 0 Å². The molecule has 162 valence electrons. The number of hydrogen-bond acceptors (Lipinski definition) is 6. The number of benzene rings is 2. The van der Waals surface area contributed by atoms with E-state index >= 15 is 0 Å². The number of nitrogens with one attached hydrogen (secondary N) is 3. The maximum Gasteiger partial charge on any atom is 0.412 e. The van der Waals surface area contributed by atoms with Gasteiger partial charge in [0.25, 0.3) is 11.5 Å². The Bertz CT molecular complexity index is 1180. The first-order valence-corrected chi connectivity index (χ1v) is 9.84. The van der Waals surface area contributed by atoms with Crippen LogP contribution in [-0.2, 0) is 11.3 Å². The number of carbonyl (C=O) groups excluding carboxylic acids is 2. The minimum atomic E-state index is -0.634. The molecule has 0 fully saturated rings. The third-order valence-electron chi connectivity index (χ3n) is 4.24. The highest BCUT2D eigenvalue weighted by molar-refractivity contribution is 5.96. The Balaban J connectivity index is 1.74. The number of hydrazine groups is 1. The summed E-state index contributed by atoms with van der Waals surface area (Å²) >= 11 is 0. The first-order valence-electron chi connectivity index (χ1n) is 9.84. The zero-order valence-electron chi connectivity index (χ0n) is 17.9. The molecule has 31 heavy (non-hydrogen) atoms. The lowest BCUT2D eigenvalue weighted by Crippen LogP contribution is -2.34. The molecule has 3 rings (SSSR count). The lowest BCUT2D eigenvalue weighted by molar-refractivity contribution is 0.0635. The van der Waals surface area contributed by atoms with Crippen LogP contribution in [0, 0.1) is 0 Å². The smallest absolute Gasteiger partial charge is 0.412 e. The van der Waals surface area contributed by atoms with E-state index in [0.717, 1.165) is 0 Å². The molecule has 0 unspecified atom stereocenters. The van der Waals surface area contributed by atoms with E-state index in [-0.39, 0.29) is 11.5 Å². The van der Waals surface area contributed by atoms with E-state index in [1.807, 2.05) is 6.92 Å². The van der Waals surface area contributed by atoms with Crippen LogP contribution in [0.15, 0.2) is 53.3 Å². The van der Waals surface area contributed by atoms with Crippen LogP contribution >= 0.6 is 0 Å². The molecular formula is C22H25N5O4. The second-order valence-corrected chi connectivity index (χ2v) is 7.79. The Morgan fingerprint density at radius 3 is 2.55 bits per heavy atom. The molecule has 9 nitrogen and oxygen atoms in total. The molecule has 3 N–H and O–H groups in total. The molecule has 1 aromatic heterocycles. The summed E-state index contributed by atoms with van der Waals surface area (Å²) in [4.78, 5) is 41.6. The van der Waals surface area contributed by atoms with Crippen molar-refractivity contribution in [1.29, 1.82) is 0 Å². The van der Waals surface area contributed by atoms with Crippen LogP contribution in [0.25, 0.3) is 10.9 Å². The van der Waals surface area contributed by atoms with Gasteiger partial charge in [0, 0.05) is 17.8 Å². The lowest BCUT2D eigenvalue weighted by atomic mass is 10.2. The summed E-state index contributed by atoms with van der Waals surface area (Å²) in [6.45, 7) is 7.48. The molecule has 0 saturated heterocycles. The number of aromatic nitrogens is 2. The molecular weight excluding hydrogens is 398 g/mol. The SMILES string of the molecule is CCn1c(NNC(=O)c2cccc(NC(=O)OC(C)(C)C)c2)nc2ccccc2c1=O. The first-order chi connectivity index (χ1) is 14.7. The molecule has 2 amide bonds. The summed E-state index contributed by atoms with van der Waals surface area (Å²) in [5.41, 5.74) is 5.67. The number of carbonyl (C=O) groups is 2. The van der Waals surface area contributed by atoms with E-state index < -0.39 is 17.6 Å². The standard InChI is InChI=1S/C22H25N5O4/c1-5-27-19(29)16-11-6-7-12-17(16)24-20(27)26-25-18(28)14-9-8-10-15(13-14)23-21(30)31-22(2,3)4/h6-13H,5H2,1-4H3,(H,23,30)(H,24,26)(H,25,28). The predicted molar refractivity (Wildman–Crippen MR) is 119 cm³/mol. The average Bonchev–Trinajstić information content (AvgIpc) is 2.71. The van der Waals surface area contributed by atoms with Gasteiger partial charge in [0.2, 0.25) is 5.95 Å². The zero-order chi connectivity index (χ0) is 22.6. The summed E-state index contributed by atoms with van der Waals surface area (Å²) in [6, 6.07) is 13.4. The van der Waals surface area contributed by atoms with Crippen LogP contribution in [-0.4, -0.2) is 27.2 Å². The molecule has 0 atom stereocenters. The normalized spacial score (nSPS) is 11.1. The van der Waals surface area contributed by atoms with Gasteiger partial charge < -0.3 is 4.74 Å². The molecule has 0 bridgehead atoms. The molecule has 1 heterocycles. The summed E-state index contributed by atoms with van der Waals surface area (Å²) < 4.78 is 6.65. The zero-order valence-corrected chi connectivity index (χ0v) is 17.9. The molecule has 3 aromatic rings. The number of nitrogens with zero attached hydrogens (tertiary/aromatic N) is 2. The number of fused-ring (bicyclic) bond motifs is 1. The molecule has 0 radical (unpaired) electrons. The van der Waals surface area contributed by atoms with E-state index in [1.165, 1.54) is 10.6 Å². The van der Waals surface area contributed by atoms with Gasteiger partial charge in [-0.2, -0.15) is 0 Å². The predicted octanol–water partition coefficient (Wildman–Crippen LogP) is 3.52. The van der Waals surface area contributed by atoms with Crippen molar-refractivity contribution in [2.45, 2.75) is 39.8 Å². The van der Waals surface area contributed by atoms with Gasteiger partial charge in [-0.3, -0.25) is 30.3 Å². The van der Waals surface area contributed by atoms with Gasteiger partial charge in [-0.25, -0.2) is 9.78 Å². The number of amides is 2. The summed E-state index contributed by atoms with van der Waals surface area (Å²) in [5, 5.41) is 3.10. The third-order valence-corrected chi connectivity index (χ3v) is 4.24. The van der Waals surface area contributed by atoms with Crippen molar-refractivity contribution in [3.05, 3.63) is 64.4 Å². The minimum absolute atomic E-state index is 0.201. The van der Waals surface area contributed by atoms with E-state index in [2.05, 4.69) is 21.2 Å². The van der Waals surface area contributed by atoms with Gasteiger partial charge in [-0.1, -0.05) is 18.2 Å². The fourth-order valence-corrected chi connectivity index (χ4v) is 2.90. The van der Waals surface area contributed by atoms with Crippen LogP contribution in [0.2, 0.25) is 0 Å². The average molecular weight is 423 g/mol. The Hall–Kier alpha value is -3.88. The van der Waals surface area contributed by atoms with Gasteiger partial charge in [-0.05, 0) is 58.0 Å². The topological polar surface area (TPSA) is 114 Å². The quantitative estimate of drug-likeness (QED) is 0.541. The molecule has 0 aliphatic heterocycles. The van der Waals surface area contributed by atoms with Crippen molar-refractivity contribution in [3.8, 4) is 0 Å². The van der Waals surface area contributed by atoms with E-state index in [1.54, 1.807) is 63.2 Å². The lowest BCUT2D eigenvalue weighted by Gasteiger charge is -2.19. The minimum Gasteiger partial charge on any atom is -0.444 e. The van der Waals surface area contributed by atoms with Crippen molar-refractivity contribution in [3.63, 3.8) is 0 Å². The number of para-hydroxylation sites is 1. The van der Waals surface area contributed by atoms with E-state index in [0.29, 0.717) is 28.7 Å². The Morgan fingerprint density at radius 2 is 1.84 bits per heavy atom. The fourth-order valence-electron chi connectivity index (χ4n) is 2.90. The summed E-state index contributed by atoms with van der Waals surface area (Å²) in [5.74, 6) is -0.236. The highest BCUT2D eigenvalue weighted by Gasteiger charge is 2.17. The van der Waals surface area contributed by atoms with Gasteiger partial charge >= 0.3 is 6.09 Å². The van der Waals surface area contributed by atoms with Crippen molar-refractivity contribution in [2.75, 3.05) is 10.7 Å². The van der Waals surface area contributed by atoms with Crippen LogP contribution in [0.4, 0.5) is 16.4 Å². The van der Waals surface area contributed by atoms with Gasteiger partial charge in [0.05, 0.1) is 10.9 Å². The Kier molecular flexibility index (Phi) is 6.24. The van der Waals surface area contributed by atoms with Gasteiger partial charge in [0.1, 0.15) is 5.60 Å². The van der Waals surface area contributed by atoms with Crippen molar-refractivity contribution in [2.24, 2.45) is 0 Å². The Labute approximate surface area is 179 Å². The monoisotopic (exact) mass is 423 g/mol. The Morgan fingerprint density at radius 1 is 1.10 bits per heavy atom. The van der Waals surface area contributed by atoms with Crippen molar-refractivity contribution < 1.29 is 14.3 Å². The van der Waals surface area contributed by atoms with E-state index in [4.69, 9.17) is 4.74 Å². The van der Waals surface area contributed by atoms with Crippen LogP contribution < -0.4 is 21.7 Å².